The molecule has 1 aliphatic rings. The summed E-state index contributed by atoms with van der Waals surface area (Å²) in [6.45, 7) is 3.92. The van der Waals surface area contributed by atoms with E-state index in [-0.39, 0.29) is 23.6 Å². The summed E-state index contributed by atoms with van der Waals surface area (Å²) in [5.74, 6) is -1.58. The van der Waals surface area contributed by atoms with E-state index in [1.165, 1.54) is 7.11 Å². The lowest BCUT2D eigenvalue weighted by molar-refractivity contribution is -0.126. The molecular formula is C16H25N3O5. The SMILES string of the molecule is COn1c(C(=O)C(CC(C)C)NC(=O)C2CCCCC2)noc1=O. The highest BCUT2D eigenvalue weighted by Crippen LogP contribution is 2.24. The molecule has 2 rings (SSSR count). The molecule has 1 unspecified atom stereocenters. The lowest BCUT2D eigenvalue weighted by Crippen LogP contribution is -2.46. The second kappa shape index (κ2) is 8.12. The van der Waals surface area contributed by atoms with Gasteiger partial charge in [0.25, 0.3) is 5.82 Å². The van der Waals surface area contributed by atoms with Crippen molar-refractivity contribution in [3.8, 4) is 0 Å². The Labute approximate surface area is 140 Å². The Morgan fingerprint density at radius 2 is 2.00 bits per heavy atom. The van der Waals surface area contributed by atoms with Crippen LogP contribution in [0.2, 0.25) is 0 Å². The van der Waals surface area contributed by atoms with Gasteiger partial charge in [0.1, 0.15) is 7.11 Å². The highest BCUT2D eigenvalue weighted by molar-refractivity contribution is 5.99. The number of nitrogens with zero attached hydrogens (tertiary/aromatic N) is 2. The first kappa shape index (κ1) is 18.2. The fourth-order valence-electron chi connectivity index (χ4n) is 3.06. The lowest BCUT2D eigenvalue weighted by atomic mass is 9.88. The average molecular weight is 339 g/mol. The van der Waals surface area contributed by atoms with Gasteiger partial charge in [0.2, 0.25) is 11.7 Å². The number of carbonyl (C=O) groups excluding carboxylic acids is 2. The maximum atomic E-state index is 12.7. The molecule has 0 saturated heterocycles. The zero-order valence-corrected chi connectivity index (χ0v) is 14.4. The first-order valence-corrected chi connectivity index (χ1v) is 8.41. The van der Waals surface area contributed by atoms with Crippen LogP contribution in [0.3, 0.4) is 0 Å². The molecule has 0 spiro atoms. The van der Waals surface area contributed by atoms with Gasteiger partial charge in [-0.05, 0) is 30.3 Å². The van der Waals surface area contributed by atoms with Gasteiger partial charge >= 0.3 is 5.76 Å². The summed E-state index contributed by atoms with van der Waals surface area (Å²) in [4.78, 5) is 41.5. The van der Waals surface area contributed by atoms with Crippen molar-refractivity contribution < 1.29 is 18.9 Å². The van der Waals surface area contributed by atoms with Crippen molar-refractivity contribution in [2.75, 3.05) is 7.11 Å². The standard InChI is InChI=1S/C16H25N3O5/c1-10(2)9-12(17-15(21)11-7-5-4-6-8-11)13(20)14-18-24-16(22)19(14)23-3/h10-12H,4-9H2,1-3H3,(H,17,21). The Morgan fingerprint density at radius 1 is 1.33 bits per heavy atom. The summed E-state index contributed by atoms with van der Waals surface area (Å²) in [6, 6.07) is -0.759. The molecule has 1 heterocycles. The van der Waals surface area contributed by atoms with Crippen LogP contribution in [-0.4, -0.2) is 34.7 Å². The first-order valence-electron chi connectivity index (χ1n) is 8.41. The van der Waals surface area contributed by atoms with Crippen LogP contribution in [0.1, 0.15) is 63.0 Å². The molecule has 0 bridgehead atoms. The number of ketones is 1. The molecule has 1 aromatic rings. The summed E-state index contributed by atoms with van der Waals surface area (Å²) in [6.07, 6.45) is 5.36. The van der Waals surface area contributed by atoms with E-state index in [1.807, 2.05) is 13.8 Å². The molecule has 0 radical (unpaired) electrons. The van der Waals surface area contributed by atoms with Crippen molar-refractivity contribution in [1.29, 1.82) is 0 Å². The second-order valence-corrected chi connectivity index (χ2v) is 6.64. The minimum Gasteiger partial charge on any atom is -0.409 e. The minimum absolute atomic E-state index is 0.0526. The fourth-order valence-corrected chi connectivity index (χ4v) is 3.06. The molecule has 0 aliphatic heterocycles. The summed E-state index contributed by atoms with van der Waals surface area (Å²) >= 11 is 0. The normalized spacial score (nSPS) is 16.8. The lowest BCUT2D eigenvalue weighted by Gasteiger charge is -2.24. The van der Waals surface area contributed by atoms with Crippen LogP contribution >= 0.6 is 0 Å². The summed E-state index contributed by atoms with van der Waals surface area (Å²) in [7, 11) is 1.24. The average Bonchev–Trinajstić information content (AvgIpc) is 2.94. The van der Waals surface area contributed by atoms with E-state index >= 15 is 0 Å². The molecule has 8 nitrogen and oxygen atoms in total. The van der Waals surface area contributed by atoms with Crippen LogP contribution in [0.25, 0.3) is 0 Å². The maximum absolute atomic E-state index is 12.7. The van der Waals surface area contributed by atoms with Crippen LogP contribution in [-0.2, 0) is 4.79 Å². The smallest absolute Gasteiger partial charge is 0.409 e. The van der Waals surface area contributed by atoms with E-state index in [0.717, 1.165) is 32.1 Å². The highest BCUT2D eigenvalue weighted by atomic mass is 16.7. The molecule has 0 aromatic carbocycles. The van der Waals surface area contributed by atoms with Crippen LogP contribution < -0.4 is 15.9 Å². The Kier molecular flexibility index (Phi) is 6.16. The number of rotatable bonds is 7. The van der Waals surface area contributed by atoms with Crippen molar-refractivity contribution in [1.82, 2.24) is 15.2 Å². The highest BCUT2D eigenvalue weighted by Gasteiger charge is 2.31. The van der Waals surface area contributed by atoms with Gasteiger partial charge in [-0.15, -0.1) is 0 Å². The third-order valence-corrected chi connectivity index (χ3v) is 4.29. The Bertz CT molecular complexity index is 628. The van der Waals surface area contributed by atoms with Crippen molar-refractivity contribution in [3.05, 3.63) is 16.4 Å². The van der Waals surface area contributed by atoms with E-state index in [1.54, 1.807) is 0 Å². The van der Waals surface area contributed by atoms with Crippen molar-refractivity contribution in [3.63, 3.8) is 0 Å². The van der Waals surface area contributed by atoms with Crippen molar-refractivity contribution in [2.45, 2.75) is 58.4 Å². The number of aromatic nitrogens is 2. The summed E-state index contributed by atoms with van der Waals surface area (Å²) in [5.41, 5.74) is 0. The molecule has 134 valence electrons. The quantitative estimate of drug-likeness (QED) is 0.748. The van der Waals surface area contributed by atoms with Gasteiger partial charge in [0, 0.05) is 5.92 Å². The molecule has 1 aliphatic carbocycles. The molecule has 1 saturated carbocycles. The van der Waals surface area contributed by atoms with Crippen LogP contribution in [0, 0.1) is 11.8 Å². The number of hydrogen-bond acceptors (Lipinski definition) is 6. The molecule has 1 aromatic heterocycles. The largest absolute Gasteiger partial charge is 0.475 e. The van der Waals surface area contributed by atoms with Gasteiger partial charge in [-0.3, -0.25) is 14.1 Å². The van der Waals surface area contributed by atoms with Crippen LogP contribution in [0.5, 0.6) is 0 Å². The summed E-state index contributed by atoms with van der Waals surface area (Å²) < 4.78 is 5.18. The molecule has 1 N–H and O–H groups in total. The van der Waals surface area contributed by atoms with Crippen LogP contribution in [0.15, 0.2) is 9.32 Å². The molecule has 24 heavy (non-hydrogen) atoms. The second-order valence-electron chi connectivity index (χ2n) is 6.64. The number of nitrogens with one attached hydrogen (secondary N) is 1. The zero-order chi connectivity index (χ0) is 17.7. The number of carbonyl (C=O) groups is 2. The predicted molar refractivity (Wildman–Crippen MR) is 85.6 cm³/mol. The third kappa shape index (κ3) is 4.24. The van der Waals surface area contributed by atoms with Gasteiger partial charge in [0.05, 0.1) is 6.04 Å². The third-order valence-electron chi connectivity index (χ3n) is 4.29. The molecular weight excluding hydrogens is 314 g/mol. The number of hydrogen-bond donors (Lipinski definition) is 1. The number of Topliss-reactive ketones (excluding diaryl/α,β-unsaturated/α-hetero) is 1. The van der Waals surface area contributed by atoms with Gasteiger partial charge in [0.15, 0.2) is 0 Å². The number of amides is 1. The van der Waals surface area contributed by atoms with E-state index < -0.39 is 17.6 Å². The zero-order valence-electron chi connectivity index (χ0n) is 14.4. The molecule has 1 atom stereocenters. The van der Waals surface area contributed by atoms with E-state index in [4.69, 9.17) is 4.84 Å². The van der Waals surface area contributed by atoms with E-state index in [0.29, 0.717) is 11.2 Å². The molecule has 1 fully saturated rings. The topological polar surface area (TPSA) is 103 Å². The fraction of sp³-hybridized carbons (Fsp3) is 0.750. The van der Waals surface area contributed by atoms with E-state index in [9.17, 15) is 14.4 Å². The maximum Gasteiger partial charge on any atom is 0.475 e. The van der Waals surface area contributed by atoms with Crippen LogP contribution in [0.4, 0.5) is 0 Å². The van der Waals surface area contributed by atoms with Gasteiger partial charge in [-0.2, -0.15) is 0 Å². The molecule has 8 heteroatoms. The van der Waals surface area contributed by atoms with Crippen molar-refractivity contribution >= 4 is 11.7 Å². The van der Waals surface area contributed by atoms with Gasteiger partial charge in [-0.1, -0.05) is 37.8 Å². The monoisotopic (exact) mass is 339 g/mol. The molecule has 1 amide bonds. The minimum atomic E-state index is -0.872. The Hall–Kier alpha value is -2.12. The Balaban J connectivity index is 2.16. The van der Waals surface area contributed by atoms with Gasteiger partial charge < -0.3 is 10.2 Å². The van der Waals surface area contributed by atoms with Crippen molar-refractivity contribution in [2.24, 2.45) is 11.8 Å². The predicted octanol–water partition coefficient (Wildman–Crippen LogP) is 1.19. The van der Waals surface area contributed by atoms with Gasteiger partial charge in [-0.25, -0.2) is 4.79 Å². The Morgan fingerprint density at radius 3 is 2.58 bits per heavy atom. The van der Waals surface area contributed by atoms with E-state index in [2.05, 4.69) is 15.0 Å². The summed E-state index contributed by atoms with van der Waals surface area (Å²) in [5, 5.41) is 6.32. The first-order chi connectivity index (χ1) is 11.4.